The first kappa shape index (κ1) is 18.7. The fourth-order valence-corrected chi connectivity index (χ4v) is 3.84. The van der Waals surface area contributed by atoms with Crippen molar-refractivity contribution in [3.63, 3.8) is 0 Å². The Kier molecular flexibility index (Phi) is 5.75. The van der Waals surface area contributed by atoms with Gasteiger partial charge in [-0.05, 0) is 53.1 Å². The van der Waals surface area contributed by atoms with Gasteiger partial charge in [0.2, 0.25) is 6.29 Å². The summed E-state index contributed by atoms with van der Waals surface area (Å²) in [5.41, 5.74) is 5.57. The molecule has 4 heteroatoms. The van der Waals surface area contributed by atoms with Crippen molar-refractivity contribution in [1.29, 1.82) is 0 Å². The highest BCUT2D eigenvalue weighted by atomic mass is 35.5. The zero-order valence-electron chi connectivity index (χ0n) is 15.6. The summed E-state index contributed by atoms with van der Waals surface area (Å²) in [4.78, 5) is 15.6. The maximum absolute atomic E-state index is 10.7. The lowest BCUT2D eigenvalue weighted by atomic mass is 9.99. The molecule has 0 spiro atoms. The van der Waals surface area contributed by atoms with Crippen LogP contribution in [0, 0.1) is 0 Å². The van der Waals surface area contributed by atoms with E-state index in [0.717, 1.165) is 37.7 Å². The molecule has 0 bridgehead atoms. The average Bonchev–Trinajstić information content (AvgIpc) is 2.75. The van der Waals surface area contributed by atoms with Crippen molar-refractivity contribution in [2.45, 2.75) is 6.54 Å². The highest BCUT2D eigenvalue weighted by Gasteiger charge is 2.18. The number of carbonyl (C=O) groups excluding carboxylic acids is 1. The summed E-state index contributed by atoms with van der Waals surface area (Å²) in [5.74, 6) is 0. The highest BCUT2D eigenvalue weighted by Crippen LogP contribution is 2.27. The Morgan fingerprint density at radius 2 is 1.50 bits per heavy atom. The van der Waals surface area contributed by atoms with Crippen LogP contribution in [-0.4, -0.2) is 37.4 Å². The molecule has 1 heterocycles. The third kappa shape index (κ3) is 4.27. The number of piperazine rings is 1. The van der Waals surface area contributed by atoms with Crippen LogP contribution in [0.1, 0.15) is 11.1 Å². The second-order valence-electron chi connectivity index (χ2n) is 7.08. The van der Waals surface area contributed by atoms with Crippen LogP contribution in [-0.2, 0) is 11.3 Å². The lowest BCUT2D eigenvalue weighted by Crippen LogP contribution is -2.46. The number of rotatable bonds is 5. The fourth-order valence-electron chi connectivity index (χ4n) is 3.71. The number of hydrogen-bond donors (Lipinski definition) is 0. The Hall–Kier alpha value is -2.62. The minimum Gasteiger partial charge on any atom is -0.369 e. The number of hydrogen-bond acceptors (Lipinski definition) is 3. The average molecular weight is 390 g/mol. The van der Waals surface area contributed by atoms with Crippen LogP contribution >= 0.6 is 11.6 Å². The largest absolute Gasteiger partial charge is 0.369 e. The van der Waals surface area contributed by atoms with E-state index in [9.17, 15) is 4.79 Å². The minimum atomic E-state index is 0.598. The normalized spacial score (nSPS) is 14.8. The SMILES string of the molecule is O=[C]c1ccc(N2CCN(Cc3ccccc3-c3ccc(Cl)cc3)CC2)cc1. The molecule has 0 aromatic heterocycles. The van der Waals surface area contributed by atoms with E-state index >= 15 is 0 Å². The number of anilines is 1. The Balaban J connectivity index is 1.42. The first-order valence-corrected chi connectivity index (χ1v) is 9.90. The van der Waals surface area contributed by atoms with Gasteiger partial charge in [0.1, 0.15) is 0 Å². The number of benzene rings is 3. The van der Waals surface area contributed by atoms with Crippen molar-refractivity contribution in [2.24, 2.45) is 0 Å². The molecule has 1 fully saturated rings. The molecule has 0 N–H and O–H groups in total. The van der Waals surface area contributed by atoms with Crippen LogP contribution < -0.4 is 4.90 Å². The Labute approximate surface area is 171 Å². The third-order valence-electron chi connectivity index (χ3n) is 5.29. The maximum Gasteiger partial charge on any atom is 0.233 e. The number of halogens is 1. The lowest BCUT2D eigenvalue weighted by molar-refractivity contribution is 0.250. The van der Waals surface area contributed by atoms with Crippen LogP contribution in [0.15, 0.2) is 72.8 Å². The molecule has 0 atom stereocenters. The molecule has 1 aliphatic heterocycles. The van der Waals surface area contributed by atoms with Gasteiger partial charge in [0.25, 0.3) is 0 Å². The van der Waals surface area contributed by atoms with E-state index in [1.165, 1.54) is 22.4 Å². The second-order valence-corrected chi connectivity index (χ2v) is 7.51. The topological polar surface area (TPSA) is 23.6 Å². The molecule has 141 valence electrons. The second kappa shape index (κ2) is 8.59. The molecule has 28 heavy (non-hydrogen) atoms. The molecular weight excluding hydrogens is 368 g/mol. The monoisotopic (exact) mass is 389 g/mol. The molecule has 3 nitrogen and oxygen atoms in total. The molecule has 3 aromatic rings. The molecule has 1 aliphatic rings. The minimum absolute atomic E-state index is 0.598. The van der Waals surface area contributed by atoms with Crippen molar-refractivity contribution < 1.29 is 4.79 Å². The molecule has 0 unspecified atom stereocenters. The first-order chi connectivity index (χ1) is 13.7. The third-order valence-corrected chi connectivity index (χ3v) is 5.54. The van der Waals surface area contributed by atoms with Gasteiger partial charge < -0.3 is 4.90 Å². The fraction of sp³-hybridized carbons (Fsp3) is 0.208. The summed E-state index contributed by atoms with van der Waals surface area (Å²) < 4.78 is 0. The zero-order valence-corrected chi connectivity index (χ0v) is 16.4. The predicted octanol–water partition coefficient (Wildman–Crippen LogP) is 4.79. The van der Waals surface area contributed by atoms with E-state index in [1.54, 1.807) is 0 Å². The smallest absolute Gasteiger partial charge is 0.233 e. The van der Waals surface area contributed by atoms with Gasteiger partial charge in [0.05, 0.1) is 0 Å². The Morgan fingerprint density at radius 3 is 2.18 bits per heavy atom. The van der Waals surface area contributed by atoms with Gasteiger partial charge in [0.15, 0.2) is 0 Å². The molecule has 0 aliphatic carbocycles. The summed E-state index contributed by atoms with van der Waals surface area (Å²) in [6.07, 6.45) is 1.93. The molecule has 3 aromatic carbocycles. The van der Waals surface area contributed by atoms with E-state index in [2.05, 4.69) is 46.2 Å². The van der Waals surface area contributed by atoms with Crippen molar-refractivity contribution >= 4 is 23.6 Å². The van der Waals surface area contributed by atoms with Crippen LogP contribution in [0.2, 0.25) is 5.02 Å². The van der Waals surface area contributed by atoms with Crippen LogP contribution in [0.4, 0.5) is 5.69 Å². The molecule has 1 saturated heterocycles. The van der Waals surface area contributed by atoms with E-state index in [0.29, 0.717) is 5.56 Å². The van der Waals surface area contributed by atoms with Gasteiger partial charge in [-0.2, -0.15) is 0 Å². The summed E-state index contributed by atoms with van der Waals surface area (Å²) in [5, 5.41) is 0.761. The van der Waals surface area contributed by atoms with Crippen LogP contribution in [0.5, 0.6) is 0 Å². The van der Waals surface area contributed by atoms with Crippen molar-refractivity contribution in [3.05, 3.63) is 88.9 Å². The zero-order chi connectivity index (χ0) is 19.3. The first-order valence-electron chi connectivity index (χ1n) is 9.52. The quantitative estimate of drug-likeness (QED) is 0.627. The van der Waals surface area contributed by atoms with Gasteiger partial charge in [-0.1, -0.05) is 48.0 Å². The van der Waals surface area contributed by atoms with Crippen LogP contribution in [0.3, 0.4) is 0 Å². The molecule has 4 rings (SSSR count). The molecule has 1 radical (unpaired) electrons. The lowest BCUT2D eigenvalue weighted by Gasteiger charge is -2.36. The van der Waals surface area contributed by atoms with Crippen molar-refractivity contribution in [1.82, 2.24) is 4.90 Å². The molecular formula is C24H22ClN2O. The summed E-state index contributed by atoms with van der Waals surface area (Å²) >= 11 is 6.04. The van der Waals surface area contributed by atoms with Crippen molar-refractivity contribution in [3.8, 4) is 11.1 Å². The van der Waals surface area contributed by atoms with E-state index in [4.69, 9.17) is 11.6 Å². The maximum atomic E-state index is 10.7. The van der Waals surface area contributed by atoms with Gasteiger partial charge in [0, 0.05) is 49.0 Å². The summed E-state index contributed by atoms with van der Waals surface area (Å²) in [6.45, 7) is 4.92. The van der Waals surface area contributed by atoms with Gasteiger partial charge >= 0.3 is 0 Å². The van der Waals surface area contributed by atoms with Crippen molar-refractivity contribution in [2.75, 3.05) is 31.1 Å². The summed E-state index contributed by atoms with van der Waals surface area (Å²) in [7, 11) is 0. The Bertz CT molecular complexity index is 930. The molecule has 0 saturated carbocycles. The van der Waals surface area contributed by atoms with Gasteiger partial charge in [-0.25, -0.2) is 0 Å². The van der Waals surface area contributed by atoms with E-state index in [1.807, 2.05) is 42.7 Å². The van der Waals surface area contributed by atoms with Gasteiger partial charge in [-0.15, -0.1) is 0 Å². The predicted molar refractivity (Wildman–Crippen MR) is 116 cm³/mol. The Morgan fingerprint density at radius 1 is 0.821 bits per heavy atom. The highest BCUT2D eigenvalue weighted by molar-refractivity contribution is 6.30. The molecule has 0 amide bonds. The standard InChI is InChI=1S/C24H22ClN2O/c25-22-9-7-20(8-10-22)24-4-2-1-3-21(24)17-26-13-15-27(16-14-26)23-11-5-19(18-28)6-12-23/h1-12H,13-17H2. The summed E-state index contributed by atoms with van der Waals surface area (Å²) in [6, 6.07) is 24.3. The number of nitrogens with zero attached hydrogens (tertiary/aromatic N) is 2. The van der Waals surface area contributed by atoms with E-state index < -0.39 is 0 Å². The van der Waals surface area contributed by atoms with Gasteiger partial charge in [-0.3, -0.25) is 9.69 Å². The van der Waals surface area contributed by atoms with E-state index in [-0.39, 0.29) is 0 Å². The van der Waals surface area contributed by atoms with Crippen LogP contribution in [0.25, 0.3) is 11.1 Å².